The number of piperazine rings is 1. The summed E-state index contributed by atoms with van der Waals surface area (Å²) in [4.78, 5) is 21.4. The number of aryl methyl sites for hydroxylation is 1. The summed E-state index contributed by atoms with van der Waals surface area (Å²) in [6.07, 6.45) is 2.81. The third-order valence-corrected chi connectivity index (χ3v) is 6.83. The molecule has 1 aliphatic rings. The van der Waals surface area contributed by atoms with Gasteiger partial charge in [-0.1, -0.05) is 43.3 Å². The van der Waals surface area contributed by atoms with Crippen LogP contribution in [0, 0.1) is 18.3 Å². The number of aromatic nitrogens is 1. The minimum absolute atomic E-state index is 0.00727. The van der Waals surface area contributed by atoms with Crippen LogP contribution in [0.15, 0.2) is 67.4 Å². The molecule has 2 aromatic carbocycles. The van der Waals surface area contributed by atoms with Gasteiger partial charge in [0.2, 0.25) is 5.91 Å². The molecule has 2 heterocycles. The molecule has 8 heteroatoms. The van der Waals surface area contributed by atoms with Gasteiger partial charge in [0.15, 0.2) is 0 Å². The molecule has 8 nitrogen and oxygen atoms in total. The second kappa shape index (κ2) is 12.3. The first-order valence-corrected chi connectivity index (χ1v) is 12.9. The Morgan fingerprint density at radius 3 is 2.61 bits per heavy atom. The summed E-state index contributed by atoms with van der Waals surface area (Å²) < 4.78 is 0. The standard InChI is InChI=1S/C30H35N7O/c1-5-30(38)35-28-17-25(37-14-12-36(6-2)13-15-37)10-11-26(28)34-29-18-27(24(19-31)20-32-29)33-22(4)23-9-7-8-21(3)16-23/h5,7-11,16-18,20,22H,1,6,12-15H2,2-4H3,(H,35,38)(H2,32,33,34). The lowest BCUT2D eigenvalue weighted by Crippen LogP contribution is -2.46. The Balaban J connectivity index is 1.58. The average molecular weight is 510 g/mol. The van der Waals surface area contributed by atoms with Gasteiger partial charge in [0.05, 0.1) is 22.6 Å². The number of amides is 1. The van der Waals surface area contributed by atoms with Gasteiger partial charge < -0.3 is 25.8 Å². The van der Waals surface area contributed by atoms with Gasteiger partial charge in [-0.3, -0.25) is 4.79 Å². The van der Waals surface area contributed by atoms with E-state index in [0.29, 0.717) is 28.4 Å². The molecule has 3 aromatic rings. The highest BCUT2D eigenvalue weighted by molar-refractivity contribution is 6.02. The monoisotopic (exact) mass is 509 g/mol. The van der Waals surface area contributed by atoms with Gasteiger partial charge in [0.25, 0.3) is 0 Å². The van der Waals surface area contributed by atoms with Crippen molar-refractivity contribution in [2.45, 2.75) is 26.8 Å². The lowest BCUT2D eigenvalue weighted by molar-refractivity contribution is -0.111. The summed E-state index contributed by atoms with van der Waals surface area (Å²) >= 11 is 0. The van der Waals surface area contributed by atoms with E-state index in [1.54, 1.807) is 6.20 Å². The van der Waals surface area contributed by atoms with Crippen LogP contribution in [-0.2, 0) is 4.79 Å². The van der Waals surface area contributed by atoms with Gasteiger partial charge in [-0.05, 0) is 50.2 Å². The Morgan fingerprint density at radius 1 is 1.13 bits per heavy atom. The maximum Gasteiger partial charge on any atom is 0.247 e. The van der Waals surface area contributed by atoms with Crippen LogP contribution in [0.25, 0.3) is 0 Å². The summed E-state index contributed by atoms with van der Waals surface area (Å²) in [5, 5.41) is 19.4. The molecule has 1 saturated heterocycles. The zero-order valence-electron chi connectivity index (χ0n) is 22.3. The Hall–Kier alpha value is -4.35. The number of carbonyl (C=O) groups is 1. The van der Waals surface area contributed by atoms with Gasteiger partial charge >= 0.3 is 0 Å². The fourth-order valence-electron chi connectivity index (χ4n) is 4.57. The largest absolute Gasteiger partial charge is 0.377 e. The quantitative estimate of drug-likeness (QED) is 0.330. The van der Waals surface area contributed by atoms with E-state index in [-0.39, 0.29) is 11.9 Å². The predicted octanol–water partition coefficient (Wildman–Crippen LogP) is 5.44. The van der Waals surface area contributed by atoms with Crippen LogP contribution >= 0.6 is 0 Å². The Labute approximate surface area is 225 Å². The summed E-state index contributed by atoms with van der Waals surface area (Å²) in [6.45, 7) is 14.8. The van der Waals surface area contributed by atoms with Crippen molar-refractivity contribution >= 4 is 34.5 Å². The van der Waals surface area contributed by atoms with Crippen LogP contribution in [-0.4, -0.2) is 48.5 Å². The van der Waals surface area contributed by atoms with E-state index in [1.165, 1.54) is 11.6 Å². The third-order valence-electron chi connectivity index (χ3n) is 6.83. The molecule has 0 bridgehead atoms. The SMILES string of the molecule is C=CC(=O)Nc1cc(N2CCN(CC)CC2)ccc1Nc1cc(NC(C)c2cccc(C)c2)c(C#N)cn1. The van der Waals surface area contributed by atoms with E-state index >= 15 is 0 Å². The number of rotatable bonds is 9. The van der Waals surface area contributed by atoms with Crippen molar-refractivity contribution in [3.8, 4) is 6.07 Å². The number of pyridine rings is 1. The van der Waals surface area contributed by atoms with Crippen molar-refractivity contribution in [3.05, 3.63) is 84.1 Å². The van der Waals surface area contributed by atoms with Crippen molar-refractivity contribution in [1.82, 2.24) is 9.88 Å². The molecule has 3 N–H and O–H groups in total. The number of anilines is 5. The van der Waals surface area contributed by atoms with Crippen molar-refractivity contribution in [2.24, 2.45) is 0 Å². The zero-order valence-corrected chi connectivity index (χ0v) is 22.3. The lowest BCUT2D eigenvalue weighted by atomic mass is 10.1. The Kier molecular flexibility index (Phi) is 8.62. The molecule has 0 spiro atoms. The first-order valence-electron chi connectivity index (χ1n) is 12.9. The molecule has 0 aliphatic carbocycles. The summed E-state index contributed by atoms with van der Waals surface area (Å²) in [5.41, 5.74) is 5.83. The highest BCUT2D eigenvalue weighted by Gasteiger charge is 2.18. The Bertz CT molecular complexity index is 1340. The number of hydrogen-bond acceptors (Lipinski definition) is 7. The van der Waals surface area contributed by atoms with Gasteiger partial charge in [0, 0.05) is 50.2 Å². The third kappa shape index (κ3) is 6.50. The van der Waals surface area contributed by atoms with Crippen molar-refractivity contribution in [2.75, 3.05) is 53.6 Å². The van der Waals surface area contributed by atoms with Gasteiger partial charge in [-0.15, -0.1) is 0 Å². The van der Waals surface area contributed by atoms with Gasteiger partial charge in [-0.2, -0.15) is 5.26 Å². The maximum atomic E-state index is 12.2. The van der Waals surface area contributed by atoms with Crippen LogP contribution in [0.5, 0.6) is 0 Å². The molecule has 196 valence electrons. The molecule has 1 aromatic heterocycles. The summed E-state index contributed by atoms with van der Waals surface area (Å²) in [5.74, 6) is 0.268. The number of benzene rings is 2. The van der Waals surface area contributed by atoms with Gasteiger partial charge in [0.1, 0.15) is 11.9 Å². The molecule has 1 unspecified atom stereocenters. The van der Waals surface area contributed by atoms with E-state index in [0.717, 1.165) is 44.0 Å². The highest BCUT2D eigenvalue weighted by atomic mass is 16.1. The number of carbonyl (C=O) groups excluding carboxylic acids is 1. The molecule has 1 fully saturated rings. The second-order valence-corrected chi connectivity index (χ2v) is 9.48. The minimum atomic E-state index is -0.289. The molecule has 0 radical (unpaired) electrons. The molecule has 38 heavy (non-hydrogen) atoms. The number of hydrogen-bond donors (Lipinski definition) is 3. The molecule has 0 saturated carbocycles. The average Bonchev–Trinajstić information content (AvgIpc) is 2.94. The minimum Gasteiger partial charge on any atom is -0.377 e. The number of nitriles is 1. The topological polar surface area (TPSA) is 96.3 Å². The molecular weight excluding hydrogens is 474 g/mol. The summed E-state index contributed by atoms with van der Waals surface area (Å²) in [7, 11) is 0. The van der Waals surface area contributed by atoms with Crippen molar-refractivity contribution in [1.29, 1.82) is 5.26 Å². The van der Waals surface area contributed by atoms with E-state index in [9.17, 15) is 10.1 Å². The van der Waals surface area contributed by atoms with Crippen LogP contribution in [0.2, 0.25) is 0 Å². The fourth-order valence-corrected chi connectivity index (χ4v) is 4.57. The molecule has 1 atom stereocenters. The first-order chi connectivity index (χ1) is 18.4. The summed E-state index contributed by atoms with van der Waals surface area (Å²) in [6, 6.07) is 18.3. The van der Waals surface area contributed by atoms with Crippen molar-refractivity contribution < 1.29 is 4.79 Å². The van der Waals surface area contributed by atoms with E-state index in [2.05, 4.69) is 88.4 Å². The normalized spacial score (nSPS) is 14.3. The van der Waals surface area contributed by atoms with E-state index < -0.39 is 0 Å². The van der Waals surface area contributed by atoms with E-state index in [4.69, 9.17) is 0 Å². The second-order valence-electron chi connectivity index (χ2n) is 9.48. The highest BCUT2D eigenvalue weighted by Crippen LogP contribution is 2.32. The number of nitrogens with one attached hydrogen (secondary N) is 3. The van der Waals surface area contributed by atoms with Crippen LogP contribution < -0.4 is 20.9 Å². The van der Waals surface area contributed by atoms with Crippen LogP contribution in [0.1, 0.15) is 36.6 Å². The van der Waals surface area contributed by atoms with Crippen LogP contribution in [0.3, 0.4) is 0 Å². The van der Waals surface area contributed by atoms with E-state index in [1.807, 2.05) is 24.3 Å². The fraction of sp³-hybridized carbons (Fsp3) is 0.300. The number of nitrogens with zero attached hydrogens (tertiary/aromatic N) is 4. The molecule has 4 rings (SSSR count). The molecule has 1 aliphatic heterocycles. The van der Waals surface area contributed by atoms with Crippen molar-refractivity contribution in [3.63, 3.8) is 0 Å². The molecule has 1 amide bonds. The smallest absolute Gasteiger partial charge is 0.247 e. The van der Waals surface area contributed by atoms with Gasteiger partial charge in [-0.25, -0.2) is 4.98 Å². The molecular formula is C30H35N7O. The predicted molar refractivity (Wildman–Crippen MR) is 155 cm³/mol. The maximum absolute atomic E-state index is 12.2. The lowest BCUT2D eigenvalue weighted by Gasteiger charge is -2.35. The first kappa shape index (κ1) is 26.7. The van der Waals surface area contributed by atoms with Crippen LogP contribution in [0.4, 0.5) is 28.6 Å². The Morgan fingerprint density at radius 2 is 1.92 bits per heavy atom. The number of likely N-dealkylation sites (N-methyl/N-ethyl adjacent to an activating group) is 1. The zero-order chi connectivity index (χ0) is 27.1.